The van der Waals surface area contributed by atoms with Gasteiger partial charge in [0, 0.05) is 25.7 Å². The third-order valence-electron chi connectivity index (χ3n) is 13.1. The molecule has 0 radical (unpaired) electrons. The monoisotopic (exact) mass is 951 g/mol. The third-order valence-corrected chi connectivity index (χ3v) is 13.1. The van der Waals surface area contributed by atoms with Gasteiger partial charge in [0.05, 0.1) is 0 Å². The van der Waals surface area contributed by atoms with Crippen LogP contribution in [0.5, 0.6) is 0 Å². The van der Waals surface area contributed by atoms with Crippen LogP contribution in [0.15, 0.2) is 0 Å². The number of rotatable bonds is 53. The number of hydrogen-bond acceptors (Lipinski definition) is 7. The molecule has 0 aliphatic rings. The van der Waals surface area contributed by atoms with Gasteiger partial charge >= 0.3 is 23.9 Å². The maximum atomic E-state index is 12.7. The van der Waals surface area contributed by atoms with Crippen LogP contribution in [-0.2, 0) is 33.4 Å². The Morgan fingerprint density at radius 2 is 0.478 bits per heavy atom. The minimum Gasteiger partial charge on any atom is -0.481 e. The summed E-state index contributed by atoms with van der Waals surface area (Å²) in [4.78, 5) is 47.9. The Morgan fingerprint density at radius 1 is 0.284 bits per heavy atom. The second kappa shape index (κ2) is 58.2. The second-order valence-corrected chi connectivity index (χ2v) is 20.0. The summed E-state index contributed by atoms with van der Waals surface area (Å²) in [5.41, 5.74) is 0. The average molecular weight is 952 g/mol. The topological polar surface area (TPSA) is 116 Å². The van der Waals surface area contributed by atoms with Crippen molar-refractivity contribution < 1.29 is 38.5 Å². The lowest BCUT2D eigenvalue weighted by atomic mass is 10.1. The molecule has 0 aromatic carbocycles. The summed E-state index contributed by atoms with van der Waals surface area (Å²) in [6, 6.07) is 0. The lowest BCUT2D eigenvalue weighted by Crippen LogP contribution is -2.30. The van der Waals surface area contributed by atoms with Gasteiger partial charge in [-0.2, -0.15) is 0 Å². The average Bonchev–Trinajstić information content (AvgIpc) is 3.31. The highest BCUT2D eigenvalue weighted by Gasteiger charge is 2.19. The van der Waals surface area contributed by atoms with Crippen LogP contribution in [0, 0.1) is 0 Å². The van der Waals surface area contributed by atoms with E-state index in [0.717, 1.165) is 70.6 Å². The standard InChI is InChI=1S/C45H86O6.C14H28O2/c1-4-7-10-13-16-19-22-25-28-31-34-37-43(46)49-40-42(51-45(48)39-36-33-30-27-24-21-18-15-12-9-6-3)41-50-44(47)38-35-32-29-26-23-20-17-14-11-8-5-2;1-2-3-4-5-6-7-8-9-10-11-12-13-14(15)16/h42H,4-41H2,1-3H3;2-13H2,1H3,(H,15,16). The third kappa shape index (κ3) is 59.9. The molecule has 0 aromatic rings. The number of carbonyl (C=O) groups excluding carboxylic acids is 3. The van der Waals surface area contributed by atoms with Crippen molar-refractivity contribution in [3.63, 3.8) is 0 Å². The SMILES string of the molecule is CCCCCCCCCCCCCC(=O)O.CCCCCCCCCCCCCC(=O)OCC(COC(=O)CCCCCCCCCCCCC)OC(=O)CCCCCCCCCCCCC. The van der Waals surface area contributed by atoms with Crippen LogP contribution in [-0.4, -0.2) is 48.3 Å². The maximum Gasteiger partial charge on any atom is 0.306 e. The van der Waals surface area contributed by atoms with E-state index in [4.69, 9.17) is 19.3 Å². The normalized spacial score (nSPS) is 11.1. The van der Waals surface area contributed by atoms with E-state index in [1.165, 1.54) is 212 Å². The van der Waals surface area contributed by atoms with E-state index < -0.39 is 12.1 Å². The molecule has 0 rings (SSSR count). The molecule has 0 aliphatic heterocycles. The van der Waals surface area contributed by atoms with Crippen LogP contribution in [0.4, 0.5) is 0 Å². The molecule has 1 N–H and O–H groups in total. The van der Waals surface area contributed by atoms with Gasteiger partial charge in [0.2, 0.25) is 0 Å². The van der Waals surface area contributed by atoms with Crippen LogP contribution >= 0.6 is 0 Å². The lowest BCUT2D eigenvalue weighted by molar-refractivity contribution is -0.167. The summed E-state index contributed by atoms with van der Waals surface area (Å²) in [5, 5.41) is 8.46. The zero-order valence-electron chi connectivity index (χ0n) is 45.2. The molecule has 0 saturated carbocycles. The fourth-order valence-corrected chi connectivity index (χ4v) is 8.62. The van der Waals surface area contributed by atoms with Gasteiger partial charge in [-0.1, -0.05) is 285 Å². The first-order valence-corrected chi connectivity index (χ1v) is 29.5. The maximum absolute atomic E-state index is 12.7. The number of hydrogen-bond donors (Lipinski definition) is 1. The molecule has 0 saturated heterocycles. The first kappa shape index (κ1) is 67.0. The molecule has 0 heterocycles. The van der Waals surface area contributed by atoms with Crippen molar-refractivity contribution in [3.05, 3.63) is 0 Å². The van der Waals surface area contributed by atoms with Crippen LogP contribution in [0.1, 0.15) is 336 Å². The van der Waals surface area contributed by atoms with Crippen LogP contribution in [0.3, 0.4) is 0 Å². The summed E-state index contributed by atoms with van der Waals surface area (Å²) in [5.74, 6) is -1.51. The highest BCUT2D eigenvalue weighted by molar-refractivity contribution is 5.71. The Balaban J connectivity index is 0. The van der Waals surface area contributed by atoms with E-state index in [0.29, 0.717) is 25.7 Å². The minimum atomic E-state index is -0.757. The summed E-state index contributed by atoms with van der Waals surface area (Å²) < 4.78 is 16.7. The van der Waals surface area contributed by atoms with E-state index in [2.05, 4.69) is 27.7 Å². The van der Waals surface area contributed by atoms with Crippen LogP contribution < -0.4 is 0 Å². The number of carboxylic acids is 1. The van der Waals surface area contributed by atoms with Crippen molar-refractivity contribution in [1.29, 1.82) is 0 Å². The summed E-state index contributed by atoms with van der Waals surface area (Å²) in [6.45, 7) is 8.88. The molecule has 0 fully saturated rings. The van der Waals surface area contributed by atoms with Crippen molar-refractivity contribution in [2.24, 2.45) is 0 Å². The molecule has 8 nitrogen and oxygen atoms in total. The molecule has 0 amide bonds. The van der Waals surface area contributed by atoms with Crippen molar-refractivity contribution >= 4 is 23.9 Å². The molecule has 67 heavy (non-hydrogen) atoms. The van der Waals surface area contributed by atoms with Crippen molar-refractivity contribution in [2.75, 3.05) is 13.2 Å². The van der Waals surface area contributed by atoms with Crippen molar-refractivity contribution in [1.82, 2.24) is 0 Å². The number of carboxylic acid groups (broad SMARTS) is 1. The van der Waals surface area contributed by atoms with E-state index in [1.807, 2.05) is 0 Å². The van der Waals surface area contributed by atoms with E-state index in [9.17, 15) is 19.2 Å². The molecule has 0 bridgehead atoms. The molecule has 8 heteroatoms. The van der Waals surface area contributed by atoms with E-state index in [1.54, 1.807) is 0 Å². The Kier molecular flexibility index (Phi) is 58.2. The first-order valence-electron chi connectivity index (χ1n) is 29.5. The fourth-order valence-electron chi connectivity index (χ4n) is 8.62. The molecule has 0 unspecified atom stereocenters. The number of ether oxygens (including phenoxy) is 3. The van der Waals surface area contributed by atoms with E-state index >= 15 is 0 Å². The van der Waals surface area contributed by atoms with Gasteiger partial charge in [-0.25, -0.2) is 0 Å². The molecule has 0 aromatic heterocycles. The molecule has 0 spiro atoms. The van der Waals surface area contributed by atoms with Gasteiger partial charge in [0.1, 0.15) is 13.2 Å². The number of carbonyl (C=O) groups is 4. The highest BCUT2D eigenvalue weighted by atomic mass is 16.6. The molecule has 0 aliphatic carbocycles. The van der Waals surface area contributed by atoms with Crippen molar-refractivity contribution in [2.45, 2.75) is 342 Å². The number of esters is 3. The number of aliphatic carboxylic acids is 1. The Labute approximate surface area is 416 Å². The molecular formula is C59H114O8. The summed E-state index contributed by atoms with van der Waals surface area (Å²) in [6.07, 6.45) is 55.1. The predicted molar refractivity (Wildman–Crippen MR) is 284 cm³/mol. The molecule has 398 valence electrons. The Hall–Kier alpha value is -2.12. The second-order valence-electron chi connectivity index (χ2n) is 20.0. The minimum absolute atomic E-state index is 0.0629. The van der Waals surface area contributed by atoms with Gasteiger partial charge < -0.3 is 19.3 Å². The molecule has 0 atom stereocenters. The first-order chi connectivity index (χ1) is 32.8. The zero-order valence-corrected chi connectivity index (χ0v) is 45.2. The largest absolute Gasteiger partial charge is 0.481 e. The van der Waals surface area contributed by atoms with Gasteiger partial charge in [-0.15, -0.1) is 0 Å². The van der Waals surface area contributed by atoms with Gasteiger partial charge in [-0.05, 0) is 25.7 Å². The van der Waals surface area contributed by atoms with E-state index in [-0.39, 0.29) is 31.1 Å². The van der Waals surface area contributed by atoms with Gasteiger partial charge in [0.15, 0.2) is 6.10 Å². The molecular weight excluding hydrogens is 837 g/mol. The lowest BCUT2D eigenvalue weighted by Gasteiger charge is -2.18. The van der Waals surface area contributed by atoms with Crippen molar-refractivity contribution in [3.8, 4) is 0 Å². The van der Waals surface area contributed by atoms with Gasteiger partial charge in [0.25, 0.3) is 0 Å². The number of unbranched alkanes of at least 4 members (excludes halogenated alkanes) is 40. The van der Waals surface area contributed by atoms with Gasteiger partial charge in [-0.3, -0.25) is 19.2 Å². The predicted octanol–water partition coefficient (Wildman–Crippen LogP) is 18.9. The summed E-state index contributed by atoms with van der Waals surface area (Å²) >= 11 is 0. The Morgan fingerprint density at radius 3 is 0.701 bits per heavy atom. The zero-order chi connectivity index (χ0) is 49.4. The van der Waals surface area contributed by atoms with Crippen LogP contribution in [0.2, 0.25) is 0 Å². The fraction of sp³-hybridized carbons (Fsp3) is 0.932. The quantitative estimate of drug-likeness (QED) is 0.0364. The highest BCUT2D eigenvalue weighted by Crippen LogP contribution is 2.16. The van der Waals surface area contributed by atoms with Crippen LogP contribution in [0.25, 0.3) is 0 Å². The smallest absolute Gasteiger partial charge is 0.306 e. The Bertz CT molecular complexity index is 989. The summed E-state index contributed by atoms with van der Waals surface area (Å²) in [7, 11) is 0.